The summed E-state index contributed by atoms with van der Waals surface area (Å²) in [4.78, 5) is 12.1. The van der Waals surface area contributed by atoms with Gasteiger partial charge in [-0.25, -0.2) is 0 Å². The number of para-hydroxylation sites is 2. The van der Waals surface area contributed by atoms with E-state index in [2.05, 4.69) is 9.84 Å². The van der Waals surface area contributed by atoms with Crippen molar-refractivity contribution in [2.75, 3.05) is 5.32 Å². The second-order valence-corrected chi connectivity index (χ2v) is 4.98. The minimum atomic E-state index is -4.94. The zero-order valence-corrected chi connectivity index (χ0v) is 12.8. The summed E-state index contributed by atoms with van der Waals surface area (Å²) in [5.41, 5.74) is -2.89. The molecule has 5 nitrogen and oxygen atoms in total. The number of hydrogen-bond acceptors (Lipinski definition) is 3. The summed E-state index contributed by atoms with van der Waals surface area (Å²) in [5, 5.41) is 5.05. The Labute approximate surface area is 141 Å². The van der Waals surface area contributed by atoms with E-state index in [0.717, 1.165) is 36.1 Å². The quantitative estimate of drug-likeness (QED) is 0.794. The van der Waals surface area contributed by atoms with Crippen LogP contribution in [0.4, 0.5) is 36.4 Å². The molecule has 0 unspecified atom stereocenters. The molecule has 2 aromatic rings. The van der Waals surface area contributed by atoms with Crippen molar-refractivity contribution in [2.45, 2.75) is 18.7 Å². The predicted octanol–water partition coefficient (Wildman–Crippen LogP) is 3.93. The molecule has 0 atom stereocenters. The van der Waals surface area contributed by atoms with E-state index in [1.54, 1.807) is 0 Å². The zero-order valence-electron chi connectivity index (χ0n) is 12.8. The molecule has 0 fully saturated rings. The number of carbonyl (C=O) groups excluding carboxylic acids is 1. The summed E-state index contributed by atoms with van der Waals surface area (Å²) in [5.74, 6) is -2.18. The molecule has 26 heavy (non-hydrogen) atoms. The average molecular weight is 385 g/mol. The number of benzene rings is 1. The molecular formula is C14H10F7N3O2. The van der Waals surface area contributed by atoms with Gasteiger partial charge in [-0.05, 0) is 12.1 Å². The SMILES string of the molecule is Cn1cc(C(=O)Nc2ccccc2OC(F)(F)C(F)F)c(C(F)(F)F)n1. The topological polar surface area (TPSA) is 56.2 Å². The fraction of sp³-hybridized carbons (Fsp3) is 0.286. The predicted molar refractivity (Wildman–Crippen MR) is 74.2 cm³/mol. The largest absolute Gasteiger partial charge is 0.461 e. The van der Waals surface area contributed by atoms with Crippen LogP contribution < -0.4 is 10.1 Å². The molecular weight excluding hydrogens is 375 g/mol. The lowest BCUT2D eigenvalue weighted by Gasteiger charge is -2.19. The highest BCUT2D eigenvalue weighted by molar-refractivity contribution is 6.05. The van der Waals surface area contributed by atoms with Crippen molar-refractivity contribution in [1.82, 2.24) is 9.78 Å². The Morgan fingerprint density at radius 1 is 1.19 bits per heavy atom. The third kappa shape index (κ3) is 4.24. The first-order chi connectivity index (χ1) is 11.9. The van der Waals surface area contributed by atoms with Gasteiger partial charge in [0.15, 0.2) is 5.69 Å². The molecule has 0 aliphatic carbocycles. The van der Waals surface area contributed by atoms with E-state index >= 15 is 0 Å². The first-order valence-corrected chi connectivity index (χ1v) is 6.78. The first kappa shape index (κ1) is 19.5. The third-order valence-corrected chi connectivity index (χ3v) is 2.98. The molecule has 0 bridgehead atoms. The van der Waals surface area contributed by atoms with E-state index in [1.165, 1.54) is 6.07 Å². The second kappa shape index (κ2) is 6.84. The molecule has 1 N–H and O–H groups in total. The first-order valence-electron chi connectivity index (χ1n) is 6.78. The summed E-state index contributed by atoms with van der Waals surface area (Å²) < 4.78 is 93.9. The van der Waals surface area contributed by atoms with Crippen molar-refractivity contribution in [3.05, 3.63) is 41.7 Å². The van der Waals surface area contributed by atoms with Gasteiger partial charge in [0.1, 0.15) is 5.75 Å². The number of halogens is 7. The van der Waals surface area contributed by atoms with Crippen molar-refractivity contribution in [3.8, 4) is 5.75 Å². The number of hydrogen-bond donors (Lipinski definition) is 1. The van der Waals surface area contributed by atoms with Crippen LogP contribution in [0.15, 0.2) is 30.5 Å². The molecule has 0 aliphatic heterocycles. The van der Waals surface area contributed by atoms with Crippen molar-refractivity contribution in [3.63, 3.8) is 0 Å². The molecule has 1 heterocycles. The fourth-order valence-electron chi connectivity index (χ4n) is 1.90. The Morgan fingerprint density at radius 3 is 2.38 bits per heavy atom. The van der Waals surface area contributed by atoms with E-state index in [4.69, 9.17) is 0 Å². The van der Waals surface area contributed by atoms with E-state index in [0.29, 0.717) is 0 Å². The Balaban J connectivity index is 2.32. The second-order valence-electron chi connectivity index (χ2n) is 4.98. The van der Waals surface area contributed by atoms with Gasteiger partial charge in [-0.15, -0.1) is 0 Å². The Bertz CT molecular complexity index is 802. The number of carbonyl (C=O) groups is 1. The Morgan fingerprint density at radius 2 is 1.81 bits per heavy atom. The molecule has 1 aromatic heterocycles. The number of nitrogens with one attached hydrogen (secondary N) is 1. The highest BCUT2D eigenvalue weighted by atomic mass is 19.4. The van der Waals surface area contributed by atoms with Gasteiger partial charge in [0.25, 0.3) is 5.91 Å². The summed E-state index contributed by atoms with van der Waals surface area (Å²) in [6.45, 7) is 0. The van der Waals surface area contributed by atoms with Gasteiger partial charge in [0.2, 0.25) is 0 Å². The van der Waals surface area contributed by atoms with Gasteiger partial charge >= 0.3 is 18.7 Å². The fourth-order valence-corrected chi connectivity index (χ4v) is 1.90. The Hall–Kier alpha value is -2.79. The number of nitrogens with zero attached hydrogens (tertiary/aromatic N) is 2. The lowest BCUT2D eigenvalue weighted by atomic mass is 10.2. The van der Waals surface area contributed by atoms with Crippen molar-refractivity contribution in [2.24, 2.45) is 7.05 Å². The average Bonchev–Trinajstić information content (AvgIpc) is 2.91. The number of aryl methyl sites for hydroxylation is 1. The number of ether oxygens (including phenoxy) is 1. The van der Waals surface area contributed by atoms with Gasteiger partial charge in [0.05, 0.1) is 11.3 Å². The smallest absolute Gasteiger partial charge is 0.426 e. The standard InChI is InChI=1S/C14H10F7N3O2/c1-24-6-7(10(23-24)13(17,18)19)11(25)22-8-4-2-3-5-9(8)26-14(20,21)12(15)16/h2-6,12H,1H3,(H,22,25). The van der Waals surface area contributed by atoms with Crippen LogP contribution in [0.3, 0.4) is 0 Å². The molecule has 2 rings (SSSR count). The van der Waals surface area contributed by atoms with E-state index in [9.17, 15) is 35.5 Å². The maximum Gasteiger partial charge on any atom is 0.461 e. The number of alkyl halides is 7. The summed E-state index contributed by atoms with van der Waals surface area (Å²) in [6, 6.07) is 4.23. The molecule has 0 spiro atoms. The highest BCUT2D eigenvalue weighted by Crippen LogP contribution is 2.34. The minimum Gasteiger partial charge on any atom is -0.426 e. The number of amides is 1. The van der Waals surface area contributed by atoms with Gasteiger partial charge < -0.3 is 10.1 Å². The maximum atomic E-state index is 13.0. The normalized spacial score (nSPS) is 12.3. The molecule has 0 saturated heterocycles. The molecule has 1 amide bonds. The lowest BCUT2D eigenvalue weighted by Crippen LogP contribution is -2.33. The molecule has 0 radical (unpaired) electrons. The monoisotopic (exact) mass is 385 g/mol. The molecule has 0 aliphatic rings. The number of anilines is 1. The van der Waals surface area contributed by atoms with Crippen LogP contribution in [-0.2, 0) is 13.2 Å². The third-order valence-electron chi connectivity index (χ3n) is 2.98. The number of aromatic nitrogens is 2. The lowest BCUT2D eigenvalue weighted by molar-refractivity contribution is -0.252. The molecule has 12 heteroatoms. The van der Waals surface area contributed by atoms with E-state index in [1.807, 2.05) is 5.32 Å². The Kier molecular flexibility index (Phi) is 5.14. The van der Waals surface area contributed by atoms with Crippen LogP contribution >= 0.6 is 0 Å². The van der Waals surface area contributed by atoms with Crippen LogP contribution in [-0.4, -0.2) is 28.2 Å². The summed E-state index contributed by atoms with van der Waals surface area (Å²) in [6.07, 6.45) is -13.2. The number of rotatable bonds is 5. The van der Waals surface area contributed by atoms with Crippen LogP contribution in [0, 0.1) is 0 Å². The summed E-state index contributed by atoms with van der Waals surface area (Å²) >= 11 is 0. The highest BCUT2D eigenvalue weighted by Gasteiger charge is 2.44. The van der Waals surface area contributed by atoms with Gasteiger partial charge in [-0.3, -0.25) is 9.48 Å². The van der Waals surface area contributed by atoms with Gasteiger partial charge in [-0.2, -0.15) is 35.8 Å². The van der Waals surface area contributed by atoms with Crippen molar-refractivity contribution in [1.29, 1.82) is 0 Å². The minimum absolute atomic E-state index is 0.519. The zero-order chi connectivity index (χ0) is 19.7. The van der Waals surface area contributed by atoms with Crippen LogP contribution in [0.5, 0.6) is 5.75 Å². The van der Waals surface area contributed by atoms with Gasteiger partial charge in [0, 0.05) is 13.2 Å². The van der Waals surface area contributed by atoms with Gasteiger partial charge in [-0.1, -0.05) is 12.1 Å². The van der Waals surface area contributed by atoms with E-state index < -0.39 is 47.3 Å². The van der Waals surface area contributed by atoms with Crippen LogP contribution in [0.25, 0.3) is 0 Å². The molecule has 0 saturated carbocycles. The van der Waals surface area contributed by atoms with E-state index in [-0.39, 0.29) is 0 Å². The molecule has 142 valence electrons. The van der Waals surface area contributed by atoms with Crippen LogP contribution in [0.2, 0.25) is 0 Å². The summed E-state index contributed by atoms with van der Waals surface area (Å²) in [7, 11) is 1.15. The maximum absolute atomic E-state index is 13.0. The molecule has 1 aromatic carbocycles. The van der Waals surface area contributed by atoms with Crippen molar-refractivity contribution >= 4 is 11.6 Å². The van der Waals surface area contributed by atoms with Crippen molar-refractivity contribution < 1.29 is 40.3 Å². The van der Waals surface area contributed by atoms with Crippen LogP contribution in [0.1, 0.15) is 16.1 Å².